The third-order valence-corrected chi connectivity index (χ3v) is 2.79. The van der Waals surface area contributed by atoms with Crippen LogP contribution in [-0.4, -0.2) is 24.3 Å². The molecule has 3 N–H and O–H groups in total. The molecule has 0 radical (unpaired) electrons. The zero-order chi connectivity index (χ0) is 12.3. The lowest BCUT2D eigenvalue weighted by atomic mass is 10.1. The topological polar surface area (TPSA) is 57.9 Å². The lowest BCUT2D eigenvalue weighted by molar-refractivity contribution is 0.893. The number of rotatable bonds is 4. The van der Waals surface area contributed by atoms with Gasteiger partial charge in [0.2, 0.25) is 0 Å². The number of nitrogens with zero attached hydrogens (tertiary/aromatic N) is 2. The van der Waals surface area contributed by atoms with Crippen LogP contribution in [0, 0.1) is 0 Å². The summed E-state index contributed by atoms with van der Waals surface area (Å²) in [6, 6.07) is 10.5. The standard InChI is InChI=1S/C13H18N4/c1-17(2)12-7-4-10(5-8-12)3-6-11-9-13(14)16-15-11/h4-5,7-9H,3,6H2,1-2H3,(H3,14,15,16). The van der Waals surface area contributed by atoms with Crippen LogP contribution in [0.15, 0.2) is 30.3 Å². The van der Waals surface area contributed by atoms with E-state index in [0.29, 0.717) is 5.82 Å². The Bertz CT molecular complexity index is 470. The molecule has 4 heteroatoms. The summed E-state index contributed by atoms with van der Waals surface area (Å²) in [6.45, 7) is 0. The van der Waals surface area contributed by atoms with Crippen molar-refractivity contribution < 1.29 is 0 Å². The Hall–Kier alpha value is -1.97. The predicted octanol–water partition coefficient (Wildman–Crippen LogP) is 1.84. The molecule has 1 aromatic heterocycles. The first-order valence-electron chi connectivity index (χ1n) is 5.71. The van der Waals surface area contributed by atoms with E-state index in [9.17, 15) is 0 Å². The average Bonchev–Trinajstić information content (AvgIpc) is 2.73. The van der Waals surface area contributed by atoms with Crippen molar-refractivity contribution in [3.05, 3.63) is 41.6 Å². The number of H-pyrrole nitrogens is 1. The van der Waals surface area contributed by atoms with Crippen LogP contribution in [0.1, 0.15) is 11.3 Å². The van der Waals surface area contributed by atoms with Crippen LogP contribution in [0.3, 0.4) is 0 Å². The number of nitrogen functional groups attached to an aromatic ring is 1. The molecule has 0 fully saturated rings. The first-order chi connectivity index (χ1) is 8.15. The van der Waals surface area contributed by atoms with E-state index in [1.165, 1.54) is 11.3 Å². The Morgan fingerprint density at radius 3 is 2.41 bits per heavy atom. The fourth-order valence-electron chi connectivity index (χ4n) is 1.75. The molecule has 90 valence electrons. The fourth-order valence-corrected chi connectivity index (χ4v) is 1.75. The van der Waals surface area contributed by atoms with Gasteiger partial charge in [-0.3, -0.25) is 5.10 Å². The second-order valence-corrected chi connectivity index (χ2v) is 4.38. The van der Waals surface area contributed by atoms with E-state index in [0.717, 1.165) is 18.5 Å². The maximum atomic E-state index is 5.55. The van der Waals surface area contributed by atoms with Crippen molar-refractivity contribution in [1.29, 1.82) is 0 Å². The van der Waals surface area contributed by atoms with Gasteiger partial charge in [-0.05, 0) is 30.5 Å². The van der Waals surface area contributed by atoms with Crippen molar-refractivity contribution >= 4 is 11.5 Å². The molecule has 0 saturated carbocycles. The lowest BCUT2D eigenvalue weighted by Gasteiger charge is -2.12. The third kappa shape index (κ3) is 3.00. The molecule has 1 aromatic carbocycles. The summed E-state index contributed by atoms with van der Waals surface area (Å²) in [4.78, 5) is 2.10. The van der Waals surface area contributed by atoms with Gasteiger partial charge < -0.3 is 10.6 Å². The Kier molecular flexibility index (Phi) is 3.32. The third-order valence-electron chi connectivity index (χ3n) is 2.79. The van der Waals surface area contributed by atoms with Crippen LogP contribution in [0.2, 0.25) is 0 Å². The van der Waals surface area contributed by atoms with Gasteiger partial charge in [-0.2, -0.15) is 5.10 Å². The van der Waals surface area contributed by atoms with Crippen LogP contribution >= 0.6 is 0 Å². The van der Waals surface area contributed by atoms with Gasteiger partial charge in [-0.1, -0.05) is 12.1 Å². The summed E-state index contributed by atoms with van der Waals surface area (Å²) in [6.07, 6.45) is 1.93. The highest BCUT2D eigenvalue weighted by molar-refractivity contribution is 5.46. The summed E-state index contributed by atoms with van der Waals surface area (Å²) in [5.74, 6) is 0.558. The van der Waals surface area contributed by atoms with Gasteiger partial charge in [0.1, 0.15) is 5.82 Å². The maximum Gasteiger partial charge on any atom is 0.145 e. The van der Waals surface area contributed by atoms with Crippen molar-refractivity contribution in [1.82, 2.24) is 10.2 Å². The Morgan fingerprint density at radius 1 is 1.18 bits per heavy atom. The molecule has 2 aromatic rings. The number of hydrogen-bond acceptors (Lipinski definition) is 3. The molecule has 0 spiro atoms. The molecular weight excluding hydrogens is 212 g/mol. The summed E-state index contributed by atoms with van der Waals surface area (Å²) in [7, 11) is 4.09. The summed E-state index contributed by atoms with van der Waals surface area (Å²) in [5, 5.41) is 6.83. The molecule has 0 unspecified atom stereocenters. The SMILES string of the molecule is CN(C)c1ccc(CCc2cc(N)n[nH]2)cc1. The van der Waals surface area contributed by atoms with Crippen molar-refractivity contribution in [2.24, 2.45) is 0 Å². The molecule has 0 aliphatic rings. The lowest BCUT2D eigenvalue weighted by Crippen LogP contribution is -2.08. The molecule has 0 saturated heterocycles. The normalized spacial score (nSPS) is 10.5. The van der Waals surface area contributed by atoms with Crippen LogP contribution in [-0.2, 0) is 12.8 Å². The highest BCUT2D eigenvalue weighted by atomic mass is 15.1. The Morgan fingerprint density at radius 2 is 1.88 bits per heavy atom. The minimum Gasteiger partial charge on any atom is -0.382 e. The number of aromatic amines is 1. The second-order valence-electron chi connectivity index (χ2n) is 4.38. The minimum absolute atomic E-state index is 0.558. The largest absolute Gasteiger partial charge is 0.382 e. The molecule has 0 aliphatic carbocycles. The molecule has 0 amide bonds. The molecule has 0 atom stereocenters. The Balaban J connectivity index is 1.95. The number of nitrogens with one attached hydrogen (secondary N) is 1. The molecule has 4 nitrogen and oxygen atoms in total. The number of hydrogen-bond donors (Lipinski definition) is 2. The highest BCUT2D eigenvalue weighted by Gasteiger charge is 2.00. The fraction of sp³-hybridized carbons (Fsp3) is 0.308. The van der Waals surface area contributed by atoms with Crippen LogP contribution < -0.4 is 10.6 Å². The first kappa shape index (κ1) is 11.5. The van der Waals surface area contributed by atoms with E-state index < -0.39 is 0 Å². The van der Waals surface area contributed by atoms with Crippen LogP contribution in [0.5, 0.6) is 0 Å². The minimum atomic E-state index is 0.558. The summed E-state index contributed by atoms with van der Waals surface area (Å²) >= 11 is 0. The quantitative estimate of drug-likeness (QED) is 0.842. The van der Waals surface area contributed by atoms with Gasteiger partial charge in [0.25, 0.3) is 0 Å². The second kappa shape index (κ2) is 4.91. The zero-order valence-electron chi connectivity index (χ0n) is 10.3. The number of aryl methyl sites for hydroxylation is 2. The number of nitrogens with two attached hydrogens (primary N) is 1. The van der Waals surface area contributed by atoms with Gasteiger partial charge in [-0.25, -0.2) is 0 Å². The average molecular weight is 230 g/mol. The van der Waals surface area contributed by atoms with E-state index in [2.05, 4.69) is 39.4 Å². The van der Waals surface area contributed by atoms with E-state index in [4.69, 9.17) is 5.73 Å². The number of benzene rings is 1. The van der Waals surface area contributed by atoms with E-state index >= 15 is 0 Å². The van der Waals surface area contributed by atoms with E-state index in [-0.39, 0.29) is 0 Å². The smallest absolute Gasteiger partial charge is 0.145 e. The summed E-state index contributed by atoms with van der Waals surface area (Å²) < 4.78 is 0. The Labute approximate surface area is 101 Å². The van der Waals surface area contributed by atoms with Crippen molar-refractivity contribution in [3.63, 3.8) is 0 Å². The van der Waals surface area contributed by atoms with Gasteiger partial charge in [0.05, 0.1) is 0 Å². The molecule has 17 heavy (non-hydrogen) atoms. The zero-order valence-corrected chi connectivity index (χ0v) is 10.3. The highest BCUT2D eigenvalue weighted by Crippen LogP contribution is 2.14. The number of aromatic nitrogens is 2. The first-order valence-corrected chi connectivity index (χ1v) is 5.71. The van der Waals surface area contributed by atoms with E-state index in [1.54, 1.807) is 0 Å². The van der Waals surface area contributed by atoms with Gasteiger partial charge in [0.15, 0.2) is 0 Å². The van der Waals surface area contributed by atoms with Crippen molar-refractivity contribution in [2.75, 3.05) is 24.7 Å². The molecule has 2 rings (SSSR count). The van der Waals surface area contributed by atoms with Gasteiger partial charge >= 0.3 is 0 Å². The molecule has 0 bridgehead atoms. The molecule has 1 heterocycles. The van der Waals surface area contributed by atoms with E-state index in [1.807, 2.05) is 20.2 Å². The maximum absolute atomic E-state index is 5.55. The summed E-state index contributed by atoms with van der Waals surface area (Å²) in [5.41, 5.74) is 9.18. The molecular formula is C13H18N4. The van der Waals surface area contributed by atoms with Gasteiger partial charge in [-0.15, -0.1) is 0 Å². The van der Waals surface area contributed by atoms with Crippen molar-refractivity contribution in [3.8, 4) is 0 Å². The van der Waals surface area contributed by atoms with Crippen LogP contribution in [0.4, 0.5) is 11.5 Å². The van der Waals surface area contributed by atoms with Crippen LogP contribution in [0.25, 0.3) is 0 Å². The van der Waals surface area contributed by atoms with Gasteiger partial charge in [0, 0.05) is 31.5 Å². The monoisotopic (exact) mass is 230 g/mol. The van der Waals surface area contributed by atoms with Crippen molar-refractivity contribution in [2.45, 2.75) is 12.8 Å². The predicted molar refractivity (Wildman–Crippen MR) is 71.2 cm³/mol. The molecule has 0 aliphatic heterocycles. The number of anilines is 2.